The molecule has 0 atom stereocenters. The highest BCUT2D eigenvalue weighted by Crippen LogP contribution is 2.44. The number of hydrogen-bond donors (Lipinski definition) is 0. The third kappa shape index (κ3) is 5.10. The van der Waals surface area contributed by atoms with Crippen molar-refractivity contribution in [1.82, 2.24) is 4.98 Å². The molecule has 0 spiro atoms. The standard InChI is InChI=1S/C49H32N2O/c1-4-13-33(14-5-1)42-29-28-40(32-45(42)43-22-12-18-34-15-10-11-21-41(34)43)51(38-19-8-3-9-20-38)39-27-25-35-23-24-36-26-30-46-48(47(36)44(35)31-39)52-49(50-46)37-16-6-2-7-17-37/h1-32H. The molecule has 244 valence electrons. The highest BCUT2D eigenvalue weighted by atomic mass is 16.3. The summed E-state index contributed by atoms with van der Waals surface area (Å²) in [6.45, 7) is 0. The highest BCUT2D eigenvalue weighted by Gasteiger charge is 2.19. The summed E-state index contributed by atoms with van der Waals surface area (Å²) in [4.78, 5) is 7.27. The van der Waals surface area contributed by atoms with Crippen LogP contribution in [0.2, 0.25) is 0 Å². The van der Waals surface area contributed by atoms with Gasteiger partial charge in [0.25, 0.3) is 0 Å². The van der Waals surface area contributed by atoms with Gasteiger partial charge in [0.05, 0.1) is 0 Å². The van der Waals surface area contributed by atoms with Gasteiger partial charge in [-0.15, -0.1) is 0 Å². The Kier molecular flexibility index (Phi) is 7.14. The molecule has 0 saturated carbocycles. The average molecular weight is 665 g/mol. The van der Waals surface area contributed by atoms with Crippen molar-refractivity contribution in [3.05, 3.63) is 194 Å². The Hall–Kier alpha value is -6.97. The maximum atomic E-state index is 6.58. The molecule has 10 rings (SSSR count). The number of benzene rings is 9. The molecule has 0 radical (unpaired) electrons. The third-order valence-corrected chi connectivity index (χ3v) is 10.1. The lowest BCUT2D eigenvalue weighted by atomic mass is 9.90. The van der Waals surface area contributed by atoms with E-state index in [-0.39, 0.29) is 0 Å². The summed E-state index contributed by atoms with van der Waals surface area (Å²) in [5, 5.41) is 6.89. The quantitative estimate of drug-likeness (QED) is 0.166. The molecule has 10 aromatic rings. The van der Waals surface area contributed by atoms with E-state index in [1.165, 1.54) is 33.0 Å². The van der Waals surface area contributed by atoms with Crippen LogP contribution in [0.5, 0.6) is 0 Å². The van der Waals surface area contributed by atoms with E-state index in [1.54, 1.807) is 0 Å². The van der Waals surface area contributed by atoms with Gasteiger partial charge in [0.2, 0.25) is 5.89 Å². The van der Waals surface area contributed by atoms with Crippen LogP contribution in [0, 0.1) is 0 Å². The molecule has 3 nitrogen and oxygen atoms in total. The number of rotatable bonds is 6. The summed E-state index contributed by atoms with van der Waals surface area (Å²) in [6.07, 6.45) is 0. The van der Waals surface area contributed by atoms with Crippen molar-refractivity contribution in [2.75, 3.05) is 4.90 Å². The van der Waals surface area contributed by atoms with E-state index in [9.17, 15) is 0 Å². The van der Waals surface area contributed by atoms with Crippen LogP contribution in [0.25, 0.3) is 77.1 Å². The molecule has 3 heteroatoms. The van der Waals surface area contributed by atoms with E-state index in [2.05, 4.69) is 169 Å². The normalized spacial score (nSPS) is 11.5. The molecule has 9 aromatic carbocycles. The van der Waals surface area contributed by atoms with Crippen molar-refractivity contribution >= 4 is 60.5 Å². The molecule has 0 fully saturated rings. The summed E-state index contributed by atoms with van der Waals surface area (Å²) in [6, 6.07) is 68.9. The van der Waals surface area contributed by atoms with Crippen molar-refractivity contribution in [3.8, 4) is 33.7 Å². The lowest BCUT2D eigenvalue weighted by molar-refractivity contribution is 0.623. The largest absolute Gasteiger partial charge is 0.435 e. The van der Waals surface area contributed by atoms with Crippen LogP contribution >= 0.6 is 0 Å². The first kappa shape index (κ1) is 29.9. The SMILES string of the molecule is c1ccc(-c2nc3ccc4ccc5ccc(N(c6ccccc6)c6ccc(-c7ccccc7)c(-c7cccc8ccccc78)c6)cc5c4c3o2)cc1. The van der Waals surface area contributed by atoms with Gasteiger partial charge in [-0.2, -0.15) is 0 Å². The minimum Gasteiger partial charge on any atom is -0.435 e. The topological polar surface area (TPSA) is 29.3 Å². The van der Waals surface area contributed by atoms with E-state index >= 15 is 0 Å². The molecule has 1 heterocycles. The molecule has 0 aliphatic carbocycles. The Morgan fingerprint density at radius 1 is 0.385 bits per heavy atom. The van der Waals surface area contributed by atoms with Crippen LogP contribution in [0.3, 0.4) is 0 Å². The zero-order valence-electron chi connectivity index (χ0n) is 28.3. The van der Waals surface area contributed by atoms with Gasteiger partial charge in [-0.25, -0.2) is 4.98 Å². The van der Waals surface area contributed by atoms with Gasteiger partial charge in [0.15, 0.2) is 5.58 Å². The smallest absolute Gasteiger partial charge is 0.227 e. The first-order chi connectivity index (χ1) is 25.8. The molecule has 52 heavy (non-hydrogen) atoms. The van der Waals surface area contributed by atoms with Gasteiger partial charge in [-0.3, -0.25) is 0 Å². The Balaban J connectivity index is 1.21. The fourth-order valence-corrected chi connectivity index (χ4v) is 7.60. The number of hydrogen-bond acceptors (Lipinski definition) is 3. The van der Waals surface area contributed by atoms with E-state index in [4.69, 9.17) is 9.40 Å². The Morgan fingerprint density at radius 2 is 1.00 bits per heavy atom. The van der Waals surface area contributed by atoms with Crippen LogP contribution in [0.1, 0.15) is 0 Å². The predicted molar refractivity (Wildman–Crippen MR) is 218 cm³/mol. The van der Waals surface area contributed by atoms with Crippen molar-refractivity contribution in [1.29, 1.82) is 0 Å². The number of anilines is 3. The molecule has 0 aliphatic heterocycles. The minimum atomic E-state index is 0.627. The van der Waals surface area contributed by atoms with Crippen molar-refractivity contribution in [3.63, 3.8) is 0 Å². The zero-order chi connectivity index (χ0) is 34.4. The van der Waals surface area contributed by atoms with Crippen LogP contribution in [0.4, 0.5) is 17.1 Å². The third-order valence-electron chi connectivity index (χ3n) is 10.1. The van der Waals surface area contributed by atoms with Crippen molar-refractivity contribution in [2.45, 2.75) is 0 Å². The molecule has 0 N–H and O–H groups in total. The summed E-state index contributed by atoms with van der Waals surface area (Å²) in [7, 11) is 0. The number of para-hydroxylation sites is 1. The predicted octanol–water partition coefficient (Wildman–Crippen LogP) is 13.8. The Morgan fingerprint density at radius 3 is 1.83 bits per heavy atom. The maximum absolute atomic E-state index is 6.58. The van der Waals surface area contributed by atoms with Crippen LogP contribution in [-0.2, 0) is 0 Å². The molecule has 0 unspecified atom stereocenters. The fourth-order valence-electron chi connectivity index (χ4n) is 7.60. The first-order valence-electron chi connectivity index (χ1n) is 17.6. The lowest BCUT2D eigenvalue weighted by Gasteiger charge is -2.27. The lowest BCUT2D eigenvalue weighted by Crippen LogP contribution is -2.10. The molecule has 0 saturated heterocycles. The molecular formula is C49H32N2O. The van der Waals surface area contributed by atoms with Gasteiger partial charge >= 0.3 is 0 Å². The van der Waals surface area contributed by atoms with E-state index in [1.807, 2.05) is 30.3 Å². The second kappa shape index (κ2) is 12.4. The summed E-state index contributed by atoms with van der Waals surface area (Å²) >= 11 is 0. The van der Waals surface area contributed by atoms with Gasteiger partial charge in [-0.1, -0.05) is 140 Å². The van der Waals surface area contributed by atoms with Crippen LogP contribution in [-0.4, -0.2) is 4.98 Å². The summed E-state index contributed by atoms with van der Waals surface area (Å²) in [5.41, 5.74) is 10.6. The molecular weight excluding hydrogens is 633 g/mol. The Labute approximate surface area is 301 Å². The second-order valence-corrected chi connectivity index (χ2v) is 13.2. The fraction of sp³-hybridized carbons (Fsp3) is 0. The summed E-state index contributed by atoms with van der Waals surface area (Å²) < 4.78 is 6.58. The number of aromatic nitrogens is 1. The molecule has 1 aromatic heterocycles. The average Bonchev–Trinajstić information content (AvgIpc) is 3.67. The van der Waals surface area contributed by atoms with Gasteiger partial charge in [0, 0.05) is 28.0 Å². The number of fused-ring (bicyclic) bond motifs is 6. The first-order valence-corrected chi connectivity index (χ1v) is 17.6. The summed E-state index contributed by atoms with van der Waals surface area (Å²) in [5.74, 6) is 0.627. The van der Waals surface area contributed by atoms with Crippen molar-refractivity contribution < 1.29 is 4.42 Å². The van der Waals surface area contributed by atoms with Gasteiger partial charge in [0.1, 0.15) is 5.52 Å². The second-order valence-electron chi connectivity index (χ2n) is 13.2. The van der Waals surface area contributed by atoms with E-state index < -0.39 is 0 Å². The van der Waals surface area contributed by atoms with Gasteiger partial charge < -0.3 is 9.32 Å². The monoisotopic (exact) mass is 664 g/mol. The Bertz CT molecular complexity index is 2890. The molecule has 0 aliphatic rings. The van der Waals surface area contributed by atoms with Gasteiger partial charge in [-0.05, 0) is 104 Å². The molecule has 0 amide bonds. The zero-order valence-corrected chi connectivity index (χ0v) is 28.3. The number of oxazole rings is 1. The van der Waals surface area contributed by atoms with E-state index in [0.29, 0.717) is 5.89 Å². The maximum Gasteiger partial charge on any atom is 0.227 e. The minimum absolute atomic E-state index is 0.627. The van der Waals surface area contributed by atoms with E-state index in [0.717, 1.165) is 55.3 Å². The number of nitrogens with zero attached hydrogens (tertiary/aromatic N) is 2. The molecule has 0 bridgehead atoms. The van der Waals surface area contributed by atoms with Crippen LogP contribution in [0.15, 0.2) is 199 Å². The van der Waals surface area contributed by atoms with Crippen LogP contribution < -0.4 is 4.90 Å². The highest BCUT2D eigenvalue weighted by molar-refractivity contribution is 6.18. The van der Waals surface area contributed by atoms with Crippen molar-refractivity contribution in [2.24, 2.45) is 0 Å².